The van der Waals surface area contributed by atoms with Gasteiger partial charge in [-0.2, -0.15) is 4.98 Å². The molecule has 0 spiro atoms. The first kappa shape index (κ1) is 13.0. The zero-order valence-electron chi connectivity index (χ0n) is 9.72. The van der Waals surface area contributed by atoms with Gasteiger partial charge in [-0.25, -0.2) is 0 Å². The number of halogens is 2. The average molecular weight is 284 g/mol. The maximum absolute atomic E-state index is 5.92. The van der Waals surface area contributed by atoms with Crippen LogP contribution in [0.1, 0.15) is 5.69 Å². The normalized spacial score (nSPS) is 10.4. The van der Waals surface area contributed by atoms with Crippen LogP contribution in [0.3, 0.4) is 0 Å². The molecule has 0 bridgehead atoms. The Morgan fingerprint density at radius 1 is 1.22 bits per heavy atom. The molecule has 0 radical (unpaired) electrons. The van der Waals surface area contributed by atoms with Crippen LogP contribution >= 0.6 is 23.2 Å². The molecule has 0 aliphatic carbocycles. The van der Waals surface area contributed by atoms with Crippen molar-refractivity contribution in [1.82, 2.24) is 20.2 Å². The van der Waals surface area contributed by atoms with Gasteiger partial charge in [0.2, 0.25) is 5.28 Å². The Balaban J connectivity index is 2.03. The molecule has 0 fully saturated rings. The molecule has 94 valence electrons. The molecular weight excluding hydrogens is 273 g/mol. The topological polar surface area (TPSA) is 54.8 Å². The Morgan fingerprint density at radius 2 is 2.06 bits per heavy atom. The minimum atomic E-state index is 0.0825. The van der Waals surface area contributed by atoms with Crippen LogP contribution in [0.4, 0.5) is 5.82 Å². The molecule has 2 rings (SSSR count). The van der Waals surface area contributed by atoms with Gasteiger partial charge in [0.15, 0.2) is 11.0 Å². The molecule has 0 saturated heterocycles. The van der Waals surface area contributed by atoms with E-state index < -0.39 is 0 Å². The fourth-order valence-corrected chi connectivity index (χ4v) is 1.80. The van der Waals surface area contributed by atoms with Gasteiger partial charge in [-0.1, -0.05) is 17.7 Å². The standard InChI is InChI=1S/C11H11Cl2N5/c1-18(7-5-8-4-2-3-6-14-8)10-9(12)16-17-11(13)15-10/h2-4,6H,5,7H2,1H3. The monoisotopic (exact) mass is 283 g/mol. The van der Waals surface area contributed by atoms with Crippen molar-refractivity contribution in [1.29, 1.82) is 0 Å². The summed E-state index contributed by atoms with van der Waals surface area (Å²) in [5, 5.41) is 7.61. The summed E-state index contributed by atoms with van der Waals surface area (Å²) in [6.07, 6.45) is 2.56. The van der Waals surface area contributed by atoms with E-state index in [1.54, 1.807) is 6.20 Å². The molecule has 0 unspecified atom stereocenters. The summed E-state index contributed by atoms with van der Waals surface area (Å²) >= 11 is 11.6. The molecule has 0 aromatic carbocycles. The third-order valence-electron chi connectivity index (χ3n) is 2.39. The van der Waals surface area contributed by atoms with Crippen LogP contribution in [0.25, 0.3) is 0 Å². The van der Waals surface area contributed by atoms with Gasteiger partial charge in [-0.15, -0.1) is 10.2 Å². The lowest BCUT2D eigenvalue weighted by Gasteiger charge is -2.18. The Bertz CT molecular complexity index is 520. The molecule has 0 N–H and O–H groups in total. The van der Waals surface area contributed by atoms with E-state index in [0.717, 1.165) is 12.1 Å². The zero-order valence-corrected chi connectivity index (χ0v) is 11.2. The number of rotatable bonds is 4. The second kappa shape index (κ2) is 5.93. The molecule has 2 aromatic heterocycles. The summed E-state index contributed by atoms with van der Waals surface area (Å²) in [4.78, 5) is 10.2. The van der Waals surface area contributed by atoms with Crippen LogP contribution < -0.4 is 4.90 Å². The molecular formula is C11H11Cl2N5. The maximum Gasteiger partial charge on any atom is 0.245 e. The number of nitrogens with zero attached hydrogens (tertiary/aromatic N) is 5. The van der Waals surface area contributed by atoms with E-state index in [9.17, 15) is 0 Å². The van der Waals surface area contributed by atoms with Crippen molar-refractivity contribution in [3.05, 3.63) is 40.5 Å². The molecule has 0 atom stereocenters. The predicted octanol–water partition coefficient (Wildman–Crippen LogP) is 2.25. The van der Waals surface area contributed by atoms with Crippen molar-refractivity contribution in [2.75, 3.05) is 18.5 Å². The van der Waals surface area contributed by atoms with Gasteiger partial charge in [0, 0.05) is 31.9 Å². The van der Waals surface area contributed by atoms with Crippen LogP contribution in [0.15, 0.2) is 24.4 Å². The average Bonchev–Trinajstić information content (AvgIpc) is 2.40. The number of anilines is 1. The molecule has 0 amide bonds. The maximum atomic E-state index is 5.92. The van der Waals surface area contributed by atoms with Crippen LogP contribution in [0.5, 0.6) is 0 Å². The second-order valence-electron chi connectivity index (χ2n) is 3.69. The third-order valence-corrected chi connectivity index (χ3v) is 2.80. The van der Waals surface area contributed by atoms with Gasteiger partial charge in [0.05, 0.1) is 0 Å². The number of hydrogen-bond donors (Lipinski definition) is 0. The Kier molecular flexibility index (Phi) is 4.28. The Labute approximate surface area is 115 Å². The van der Waals surface area contributed by atoms with Crippen LogP contribution in [0, 0.1) is 0 Å². The van der Waals surface area contributed by atoms with Gasteiger partial charge in [-0.05, 0) is 23.7 Å². The Hall–Kier alpha value is -1.46. The lowest BCUT2D eigenvalue weighted by Crippen LogP contribution is -2.22. The quantitative estimate of drug-likeness (QED) is 0.862. The molecule has 2 heterocycles. The van der Waals surface area contributed by atoms with E-state index in [1.807, 2.05) is 30.1 Å². The lowest BCUT2D eigenvalue weighted by atomic mass is 10.2. The van der Waals surface area contributed by atoms with Crippen molar-refractivity contribution in [2.24, 2.45) is 0 Å². The first-order valence-electron chi connectivity index (χ1n) is 5.33. The number of pyridine rings is 1. The zero-order chi connectivity index (χ0) is 13.0. The minimum absolute atomic E-state index is 0.0825. The summed E-state index contributed by atoms with van der Waals surface area (Å²) < 4.78 is 0. The first-order valence-corrected chi connectivity index (χ1v) is 6.09. The van der Waals surface area contributed by atoms with E-state index in [4.69, 9.17) is 23.2 Å². The fraction of sp³-hybridized carbons (Fsp3) is 0.273. The highest BCUT2D eigenvalue weighted by Gasteiger charge is 2.11. The molecule has 5 nitrogen and oxygen atoms in total. The summed E-state index contributed by atoms with van der Waals surface area (Å²) in [5.74, 6) is 0.521. The van der Waals surface area contributed by atoms with Crippen LogP contribution in [-0.2, 0) is 6.42 Å². The second-order valence-corrected chi connectivity index (χ2v) is 4.38. The van der Waals surface area contributed by atoms with Crippen molar-refractivity contribution < 1.29 is 0 Å². The minimum Gasteiger partial charge on any atom is -0.357 e. The van der Waals surface area contributed by atoms with Crippen molar-refractivity contribution in [3.63, 3.8) is 0 Å². The van der Waals surface area contributed by atoms with E-state index in [0.29, 0.717) is 12.4 Å². The highest BCUT2D eigenvalue weighted by Crippen LogP contribution is 2.20. The van der Waals surface area contributed by atoms with Crippen molar-refractivity contribution >= 4 is 29.0 Å². The number of aromatic nitrogens is 4. The first-order chi connectivity index (χ1) is 8.66. The van der Waals surface area contributed by atoms with Crippen LogP contribution in [-0.4, -0.2) is 33.8 Å². The largest absolute Gasteiger partial charge is 0.357 e. The van der Waals surface area contributed by atoms with E-state index in [-0.39, 0.29) is 10.4 Å². The summed E-state index contributed by atoms with van der Waals surface area (Å²) in [6.45, 7) is 0.714. The van der Waals surface area contributed by atoms with Gasteiger partial charge in [-0.3, -0.25) is 4.98 Å². The fourth-order valence-electron chi connectivity index (χ4n) is 1.46. The van der Waals surface area contributed by atoms with Crippen LogP contribution in [0.2, 0.25) is 10.4 Å². The van der Waals surface area contributed by atoms with Crippen molar-refractivity contribution in [2.45, 2.75) is 6.42 Å². The summed E-state index contributed by atoms with van der Waals surface area (Å²) in [6, 6.07) is 5.82. The van der Waals surface area contributed by atoms with Gasteiger partial charge >= 0.3 is 0 Å². The molecule has 0 aliphatic heterocycles. The molecule has 18 heavy (non-hydrogen) atoms. The lowest BCUT2D eigenvalue weighted by molar-refractivity contribution is 0.823. The highest BCUT2D eigenvalue weighted by molar-refractivity contribution is 6.32. The smallest absolute Gasteiger partial charge is 0.245 e. The van der Waals surface area contributed by atoms with E-state index in [1.165, 1.54) is 0 Å². The SMILES string of the molecule is CN(CCc1ccccn1)c1nc(Cl)nnc1Cl. The van der Waals surface area contributed by atoms with E-state index >= 15 is 0 Å². The third kappa shape index (κ3) is 3.27. The summed E-state index contributed by atoms with van der Waals surface area (Å²) in [5.41, 5.74) is 1.01. The van der Waals surface area contributed by atoms with E-state index in [2.05, 4.69) is 20.2 Å². The molecule has 7 heteroatoms. The van der Waals surface area contributed by atoms with Crippen molar-refractivity contribution in [3.8, 4) is 0 Å². The molecule has 0 saturated carbocycles. The predicted molar refractivity (Wildman–Crippen MR) is 71.1 cm³/mol. The van der Waals surface area contributed by atoms with Gasteiger partial charge < -0.3 is 4.90 Å². The van der Waals surface area contributed by atoms with Gasteiger partial charge in [0.1, 0.15) is 0 Å². The molecule has 0 aliphatic rings. The number of hydrogen-bond acceptors (Lipinski definition) is 5. The highest BCUT2D eigenvalue weighted by atomic mass is 35.5. The molecule has 2 aromatic rings. The van der Waals surface area contributed by atoms with Gasteiger partial charge in [0.25, 0.3) is 0 Å². The summed E-state index contributed by atoms with van der Waals surface area (Å²) in [7, 11) is 1.87. The number of likely N-dealkylation sites (N-methyl/N-ethyl adjacent to an activating group) is 1. The Morgan fingerprint density at radius 3 is 2.78 bits per heavy atom.